The van der Waals surface area contributed by atoms with Gasteiger partial charge in [0.15, 0.2) is 5.82 Å². The van der Waals surface area contributed by atoms with Crippen molar-refractivity contribution in [3.63, 3.8) is 0 Å². The second-order valence-corrected chi connectivity index (χ2v) is 8.52. The Morgan fingerprint density at radius 2 is 2.03 bits per heavy atom. The summed E-state index contributed by atoms with van der Waals surface area (Å²) >= 11 is 0. The predicted octanol–water partition coefficient (Wildman–Crippen LogP) is 4.65. The molecule has 1 aliphatic heterocycles. The van der Waals surface area contributed by atoms with E-state index in [4.69, 9.17) is 4.74 Å². The van der Waals surface area contributed by atoms with Crippen LogP contribution >= 0.6 is 0 Å². The number of aromatic nitrogens is 5. The van der Waals surface area contributed by atoms with Crippen LogP contribution in [-0.4, -0.2) is 56.1 Å². The number of hydrogen-bond donors (Lipinski definition) is 2. The fraction of sp³-hybridized carbons (Fsp3) is 0.280. The average molecular weight is 512 g/mol. The zero-order valence-electron chi connectivity index (χ0n) is 19.9. The molecule has 0 unspecified atom stereocenters. The Hall–Kier alpha value is -4.19. The second-order valence-electron chi connectivity index (χ2n) is 8.52. The minimum Gasteiger partial charge on any atom is -0.496 e. The van der Waals surface area contributed by atoms with Crippen LogP contribution in [0.15, 0.2) is 55.1 Å². The van der Waals surface area contributed by atoms with E-state index in [1.807, 2.05) is 4.90 Å². The first kappa shape index (κ1) is 24.5. The molecule has 4 aromatic rings. The zero-order chi connectivity index (χ0) is 25.9. The summed E-state index contributed by atoms with van der Waals surface area (Å²) in [5.41, 5.74) is 1.92. The standard InChI is InChI=1S/C25H24F3N7O2/c1-37-20-6-2-5-18(26)23(20)24-29-8-7-21(33-24)32-22-10-19(34-9-3-4-16(36)14-34)17(12-30-22)15-11-31-35(13-15)25(27)28/h2,5-8,10-13,16,25,36H,3-4,9,14H2,1H3,(H,29,30,32,33)/t16-/m0/s1. The fourth-order valence-electron chi connectivity index (χ4n) is 4.33. The zero-order valence-corrected chi connectivity index (χ0v) is 19.9. The monoisotopic (exact) mass is 511 g/mol. The normalized spacial score (nSPS) is 15.7. The van der Waals surface area contributed by atoms with Crippen LogP contribution in [0.5, 0.6) is 5.75 Å². The Balaban J connectivity index is 1.50. The smallest absolute Gasteiger partial charge is 0.333 e. The van der Waals surface area contributed by atoms with Crippen LogP contribution in [0.1, 0.15) is 19.4 Å². The van der Waals surface area contributed by atoms with Gasteiger partial charge in [-0.25, -0.2) is 24.0 Å². The van der Waals surface area contributed by atoms with Gasteiger partial charge in [0.2, 0.25) is 0 Å². The van der Waals surface area contributed by atoms with Crippen molar-refractivity contribution >= 4 is 17.3 Å². The van der Waals surface area contributed by atoms with E-state index in [2.05, 4.69) is 25.4 Å². The number of pyridine rings is 1. The Morgan fingerprint density at radius 1 is 1.16 bits per heavy atom. The highest BCUT2D eigenvalue weighted by Crippen LogP contribution is 2.35. The molecule has 1 fully saturated rings. The summed E-state index contributed by atoms with van der Waals surface area (Å²) in [6.07, 6.45) is 6.64. The second kappa shape index (κ2) is 10.4. The number of nitrogens with zero attached hydrogens (tertiary/aromatic N) is 6. The molecule has 0 amide bonds. The largest absolute Gasteiger partial charge is 0.496 e. The molecule has 0 aliphatic carbocycles. The lowest BCUT2D eigenvalue weighted by atomic mass is 10.0. The lowest BCUT2D eigenvalue weighted by molar-refractivity contribution is 0.0566. The van der Waals surface area contributed by atoms with Crippen molar-refractivity contribution in [2.24, 2.45) is 0 Å². The molecule has 1 saturated heterocycles. The summed E-state index contributed by atoms with van der Waals surface area (Å²) in [5, 5.41) is 17.1. The number of nitrogens with one attached hydrogen (secondary N) is 1. The lowest BCUT2D eigenvalue weighted by Gasteiger charge is -2.33. The van der Waals surface area contributed by atoms with Gasteiger partial charge in [0.1, 0.15) is 23.2 Å². The summed E-state index contributed by atoms with van der Waals surface area (Å²) in [6, 6.07) is 7.84. The Morgan fingerprint density at radius 3 is 2.78 bits per heavy atom. The van der Waals surface area contributed by atoms with Crippen molar-refractivity contribution in [1.29, 1.82) is 0 Å². The van der Waals surface area contributed by atoms with Crippen molar-refractivity contribution < 1.29 is 23.0 Å². The van der Waals surface area contributed by atoms with E-state index in [0.29, 0.717) is 58.4 Å². The summed E-state index contributed by atoms with van der Waals surface area (Å²) in [4.78, 5) is 15.1. The van der Waals surface area contributed by atoms with Crippen LogP contribution < -0.4 is 15.0 Å². The summed E-state index contributed by atoms with van der Waals surface area (Å²) in [5.74, 6) is 0.704. The first-order valence-corrected chi connectivity index (χ1v) is 11.6. The van der Waals surface area contributed by atoms with Gasteiger partial charge < -0.3 is 20.1 Å². The molecule has 1 aromatic carbocycles. The maximum atomic E-state index is 14.6. The number of anilines is 3. The number of β-amino-alcohol motifs (C(OH)–C–C–N with tert-alkyl or cyclic N) is 1. The molecule has 5 rings (SSSR count). The highest BCUT2D eigenvalue weighted by atomic mass is 19.3. The number of hydrogen-bond acceptors (Lipinski definition) is 8. The number of rotatable bonds is 7. The van der Waals surface area contributed by atoms with Crippen molar-refractivity contribution in [2.45, 2.75) is 25.5 Å². The Labute approximate surface area is 210 Å². The number of alkyl halides is 2. The quantitative estimate of drug-likeness (QED) is 0.370. The van der Waals surface area contributed by atoms with Gasteiger partial charge in [0.05, 0.1) is 30.7 Å². The summed E-state index contributed by atoms with van der Waals surface area (Å²) < 4.78 is 46.7. The molecule has 1 atom stereocenters. The highest BCUT2D eigenvalue weighted by molar-refractivity contribution is 5.80. The van der Waals surface area contributed by atoms with Gasteiger partial charge in [-0.1, -0.05) is 6.07 Å². The molecule has 3 aromatic heterocycles. The minimum atomic E-state index is -2.76. The van der Waals surface area contributed by atoms with Gasteiger partial charge in [-0.05, 0) is 31.0 Å². The van der Waals surface area contributed by atoms with Crippen LogP contribution in [-0.2, 0) is 0 Å². The van der Waals surface area contributed by atoms with Crippen molar-refractivity contribution in [1.82, 2.24) is 24.7 Å². The van der Waals surface area contributed by atoms with Gasteiger partial charge in [-0.3, -0.25) is 0 Å². The number of methoxy groups -OCH3 is 1. The first-order chi connectivity index (χ1) is 17.9. The van der Waals surface area contributed by atoms with Gasteiger partial charge in [0.25, 0.3) is 0 Å². The van der Waals surface area contributed by atoms with E-state index in [1.165, 1.54) is 37.8 Å². The molecular formula is C25H24F3N7O2. The molecule has 0 spiro atoms. The molecule has 0 radical (unpaired) electrons. The Kier molecular flexibility index (Phi) is 6.91. The molecular weight excluding hydrogens is 487 g/mol. The van der Waals surface area contributed by atoms with Gasteiger partial charge in [0, 0.05) is 48.9 Å². The van der Waals surface area contributed by atoms with E-state index in [1.54, 1.807) is 24.4 Å². The number of aliphatic hydroxyl groups excluding tert-OH is 1. The third-order valence-corrected chi connectivity index (χ3v) is 6.06. The first-order valence-electron chi connectivity index (χ1n) is 11.6. The molecule has 4 heterocycles. The molecule has 0 bridgehead atoms. The van der Waals surface area contributed by atoms with E-state index >= 15 is 0 Å². The van der Waals surface area contributed by atoms with Crippen LogP contribution in [0.3, 0.4) is 0 Å². The van der Waals surface area contributed by atoms with Crippen LogP contribution in [0.4, 0.5) is 30.5 Å². The fourth-order valence-corrected chi connectivity index (χ4v) is 4.33. The third-order valence-electron chi connectivity index (χ3n) is 6.06. The van der Waals surface area contributed by atoms with Gasteiger partial charge >= 0.3 is 6.55 Å². The topological polar surface area (TPSA) is 101 Å². The minimum absolute atomic E-state index is 0.135. The molecule has 2 N–H and O–H groups in total. The van der Waals surface area contributed by atoms with Crippen molar-refractivity contribution in [2.75, 3.05) is 30.4 Å². The molecule has 37 heavy (non-hydrogen) atoms. The van der Waals surface area contributed by atoms with E-state index in [-0.39, 0.29) is 11.4 Å². The average Bonchev–Trinajstić information content (AvgIpc) is 3.39. The number of benzene rings is 1. The SMILES string of the molecule is COc1cccc(F)c1-c1nccc(Nc2cc(N3CCC[C@H](O)C3)c(-c3cnn(C(F)F)c3)cn2)n1. The van der Waals surface area contributed by atoms with Gasteiger partial charge in [-0.2, -0.15) is 13.9 Å². The third kappa shape index (κ3) is 5.19. The van der Waals surface area contributed by atoms with E-state index in [0.717, 1.165) is 6.42 Å². The predicted molar refractivity (Wildman–Crippen MR) is 131 cm³/mol. The van der Waals surface area contributed by atoms with E-state index < -0.39 is 18.5 Å². The van der Waals surface area contributed by atoms with E-state index in [9.17, 15) is 18.3 Å². The van der Waals surface area contributed by atoms with Crippen LogP contribution in [0, 0.1) is 5.82 Å². The van der Waals surface area contributed by atoms with Crippen molar-refractivity contribution in [3.8, 4) is 28.3 Å². The number of ether oxygens (including phenoxy) is 1. The van der Waals surface area contributed by atoms with Crippen LogP contribution in [0.25, 0.3) is 22.5 Å². The molecule has 12 heteroatoms. The molecule has 1 aliphatic rings. The maximum absolute atomic E-state index is 14.6. The summed E-state index contributed by atoms with van der Waals surface area (Å²) in [7, 11) is 1.44. The maximum Gasteiger partial charge on any atom is 0.333 e. The Bertz CT molecular complexity index is 1400. The van der Waals surface area contributed by atoms with Crippen LogP contribution in [0.2, 0.25) is 0 Å². The van der Waals surface area contributed by atoms with Crippen molar-refractivity contribution in [3.05, 3.63) is 60.9 Å². The number of piperidine rings is 1. The number of halogens is 3. The van der Waals surface area contributed by atoms with Gasteiger partial charge in [-0.15, -0.1) is 0 Å². The summed E-state index contributed by atoms with van der Waals surface area (Å²) in [6.45, 7) is -1.69. The number of aliphatic hydroxyl groups is 1. The lowest BCUT2D eigenvalue weighted by Crippen LogP contribution is -2.38. The molecule has 9 nitrogen and oxygen atoms in total. The highest BCUT2D eigenvalue weighted by Gasteiger charge is 2.23. The molecule has 192 valence electrons. The molecule has 0 saturated carbocycles.